The molecule has 0 aliphatic carbocycles. The summed E-state index contributed by atoms with van der Waals surface area (Å²) in [5.41, 5.74) is 6.74. The number of rotatable bonds is 12. The van der Waals surface area contributed by atoms with Crippen LogP contribution < -0.4 is 21.7 Å². The molecular weight excluding hydrogens is 436 g/mol. The van der Waals surface area contributed by atoms with E-state index >= 15 is 0 Å². The lowest BCUT2D eigenvalue weighted by Gasteiger charge is -2.26. The third kappa shape index (κ3) is 8.39. The molecule has 5 unspecified atom stereocenters. The second-order valence-corrected chi connectivity index (χ2v) is 8.03. The summed E-state index contributed by atoms with van der Waals surface area (Å²) in [6.45, 7) is 5.05. The molecule has 1 rings (SSSR count). The van der Waals surface area contributed by atoms with E-state index in [-0.39, 0.29) is 23.8 Å². The van der Waals surface area contributed by atoms with Crippen LogP contribution >= 0.6 is 12.6 Å². The van der Waals surface area contributed by atoms with E-state index in [0.29, 0.717) is 6.42 Å². The Hall–Kier alpha value is -2.79. The van der Waals surface area contributed by atoms with Gasteiger partial charge in [-0.15, -0.1) is 0 Å². The van der Waals surface area contributed by atoms with Gasteiger partial charge in [-0.2, -0.15) is 12.6 Å². The van der Waals surface area contributed by atoms with Crippen molar-refractivity contribution >= 4 is 36.3 Å². The number of carboxylic acid groups (broad SMARTS) is 1. The molecule has 0 radical (unpaired) electrons. The first-order valence-electron chi connectivity index (χ1n) is 10.3. The Morgan fingerprint density at radius 2 is 1.59 bits per heavy atom. The van der Waals surface area contributed by atoms with Gasteiger partial charge >= 0.3 is 5.97 Å². The van der Waals surface area contributed by atoms with Gasteiger partial charge in [0.2, 0.25) is 17.7 Å². The van der Waals surface area contributed by atoms with Crippen molar-refractivity contribution < 1.29 is 29.4 Å². The number of nitrogens with one attached hydrogen (secondary N) is 3. The number of carboxylic acids is 1. The molecule has 0 bridgehead atoms. The van der Waals surface area contributed by atoms with E-state index in [4.69, 9.17) is 10.8 Å². The smallest absolute Gasteiger partial charge is 0.327 e. The van der Waals surface area contributed by atoms with Gasteiger partial charge in [-0.3, -0.25) is 14.4 Å². The first-order chi connectivity index (χ1) is 15.0. The lowest BCUT2D eigenvalue weighted by molar-refractivity contribution is -0.141. The molecule has 0 aliphatic heterocycles. The van der Waals surface area contributed by atoms with Crippen molar-refractivity contribution in [3.8, 4) is 5.75 Å². The van der Waals surface area contributed by atoms with Crippen molar-refractivity contribution in [2.75, 3.05) is 5.75 Å². The van der Waals surface area contributed by atoms with Crippen LogP contribution in [0.25, 0.3) is 0 Å². The van der Waals surface area contributed by atoms with Crippen molar-refractivity contribution in [2.45, 2.75) is 57.8 Å². The first-order valence-corrected chi connectivity index (χ1v) is 10.9. The van der Waals surface area contributed by atoms with Crippen LogP contribution in [0, 0.1) is 5.92 Å². The van der Waals surface area contributed by atoms with Gasteiger partial charge < -0.3 is 31.9 Å². The number of amides is 3. The fourth-order valence-electron chi connectivity index (χ4n) is 2.79. The van der Waals surface area contributed by atoms with Gasteiger partial charge in [0.15, 0.2) is 0 Å². The molecule has 0 spiro atoms. The highest BCUT2D eigenvalue weighted by Crippen LogP contribution is 2.12. The van der Waals surface area contributed by atoms with Crippen LogP contribution in [0.5, 0.6) is 5.75 Å². The number of hydrogen-bond acceptors (Lipinski definition) is 7. The quantitative estimate of drug-likeness (QED) is 0.208. The molecule has 0 aliphatic rings. The third-order valence-corrected chi connectivity index (χ3v) is 5.44. The summed E-state index contributed by atoms with van der Waals surface area (Å²) in [6, 6.07) is 2.20. The molecule has 0 heterocycles. The summed E-state index contributed by atoms with van der Waals surface area (Å²) in [5, 5.41) is 25.8. The number of phenolic OH excluding ortho intramolecular Hbond substituents is 1. The largest absolute Gasteiger partial charge is 0.508 e. The number of aliphatic carboxylic acids is 1. The monoisotopic (exact) mass is 468 g/mol. The first kappa shape index (κ1) is 27.2. The molecule has 0 fully saturated rings. The van der Waals surface area contributed by atoms with E-state index in [9.17, 15) is 24.3 Å². The third-order valence-electron chi connectivity index (χ3n) is 5.07. The van der Waals surface area contributed by atoms with Crippen LogP contribution in [0.3, 0.4) is 0 Å². The summed E-state index contributed by atoms with van der Waals surface area (Å²) < 4.78 is 0. The normalized spacial score (nSPS) is 15.5. The van der Waals surface area contributed by atoms with E-state index in [0.717, 1.165) is 5.56 Å². The van der Waals surface area contributed by atoms with E-state index in [1.807, 2.05) is 6.92 Å². The van der Waals surface area contributed by atoms with Crippen molar-refractivity contribution in [1.82, 2.24) is 16.0 Å². The molecule has 0 aromatic heterocycles. The van der Waals surface area contributed by atoms with Gasteiger partial charge in [0.05, 0.1) is 6.04 Å². The van der Waals surface area contributed by atoms with E-state index in [1.54, 1.807) is 19.1 Å². The minimum atomic E-state index is -1.24. The summed E-state index contributed by atoms with van der Waals surface area (Å²) in [7, 11) is 0. The number of thiol groups is 1. The lowest BCUT2D eigenvalue weighted by atomic mass is 9.97. The topological polar surface area (TPSA) is 171 Å². The van der Waals surface area contributed by atoms with Crippen LogP contribution in [0.2, 0.25) is 0 Å². The number of hydrogen-bond donors (Lipinski definition) is 7. The number of carbonyl (C=O) groups excluding carboxylic acids is 3. The summed E-state index contributed by atoms with van der Waals surface area (Å²) in [6.07, 6.45) is 0.785. The zero-order chi connectivity index (χ0) is 24.4. The van der Waals surface area contributed by atoms with Gasteiger partial charge in [-0.25, -0.2) is 4.79 Å². The molecule has 10 nitrogen and oxygen atoms in total. The Morgan fingerprint density at radius 3 is 2.09 bits per heavy atom. The predicted octanol–water partition coefficient (Wildman–Crippen LogP) is -0.203. The fourth-order valence-corrected chi connectivity index (χ4v) is 3.04. The molecule has 0 saturated heterocycles. The Labute approximate surface area is 192 Å². The average molecular weight is 469 g/mol. The fraction of sp³-hybridized carbons (Fsp3) is 0.524. The minimum Gasteiger partial charge on any atom is -0.508 e. The summed E-state index contributed by atoms with van der Waals surface area (Å²) in [5.74, 6) is -3.28. The molecule has 32 heavy (non-hydrogen) atoms. The van der Waals surface area contributed by atoms with Crippen molar-refractivity contribution in [3.05, 3.63) is 29.8 Å². The highest BCUT2D eigenvalue weighted by molar-refractivity contribution is 7.80. The van der Waals surface area contributed by atoms with Crippen LogP contribution in [-0.4, -0.2) is 63.8 Å². The maximum Gasteiger partial charge on any atom is 0.327 e. The van der Waals surface area contributed by atoms with E-state index < -0.39 is 47.9 Å². The number of aromatic hydroxyl groups is 1. The molecule has 3 amide bonds. The molecule has 11 heteroatoms. The van der Waals surface area contributed by atoms with Gasteiger partial charge in [0.25, 0.3) is 0 Å². The van der Waals surface area contributed by atoms with E-state index in [1.165, 1.54) is 19.1 Å². The molecule has 1 aromatic rings. The second-order valence-electron chi connectivity index (χ2n) is 7.66. The minimum absolute atomic E-state index is 0.0995. The lowest BCUT2D eigenvalue weighted by Crippen LogP contribution is -2.58. The molecule has 7 N–H and O–H groups in total. The SMILES string of the molecule is CCC(C)C(NC(=O)C(N)Cc1ccc(O)cc1)C(=O)NC(C)C(=O)NC(CS)C(=O)O. The maximum atomic E-state index is 12.8. The zero-order valence-corrected chi connectivity index (χ0v) is 19.3. The molecule has 5 atom stereocenters. The maximum absolute atomic E-state index is 12.8. The Balaban J connectivity index is 2.78. The van der Waals surface area contributed by atoms with Crippen molar-refractivity contribution in [2.24, 2.45) is 11.7 Å². The summed E-state index contributed by atoms with van der Waals surface area (Å²) in [4.78, 5) is 48.7. The standard InChI is InChI=1S/C21H32N4O6S/c1-4-11(2)17(20(29)23-12(3)18(27)24-16(10-32)21(30)31)25-19(28)15(22)9-13-5-7-14(26)8-6-13/h5-8,11-12,15-17,26,32H,4,9-10,22H2,1-3H3,(H,23,29)(H,24,27)(H,25,28)(H,30,31). The number of carbonyl (C=O) groups is 4. The Bertz CT molecular complexity index is 804. The zero-order valence-electron chi connectivity index (χ0n) is 18.4. The number of benzene rings is 1. The number of nitrogens with two attached hydrogens (primary N) is 1. The van der Waals surface area contributed by atoms with Crippen molar-refractivity contribution in [3.63, 3.8) is 0 Å². The van der Waals surface area contributed by atoms with Crippen molar-refractivity contribution in [1.29, 1.82) is 0 Å². The van der Waals surface area contributed by atoms with E-state index in [2.05, 4.69) is 28.6 Å². The highest BCUT2D eigenvalue weighted by Gasteiger charge is 2.30. The van der Waals surface area contributed by atoms with Gasteiger partial charge in [-0.1, -0.05) is 32.4 Å². The van der Waals surface area contributed by atoms with Crippen LogP contribution in [-0.2, 0) is 25.6 Å². The number of phenols is 1. The van der Waals surface area contributed by atoms with Crippen LogP contribution in [0.4, 0.5) is 0 Å². The highest BCUT2D eigenvalue weighted by atomic mass is 32.1. The predicted molar refractivity (Wildman–Crippen MR) is 122 cm³/mol. The van der Waals surface area contributed by atoms with Gasteiger partial charge in [0.1, 0.15) is 23.9 Å². The van der Waals surface area contributed by atoms with Crippen LogP contribution in [0.1, 0.15) is 32.8 Å². The van der Waals surface area contributed by atoms with Gasteiger partial charge in [-0.05, 0) is 37.0 Å². The van der Waals surface area contributed by atoms with Crippen LogP contribution in [0.15, 0.2) is 24.3 Å². The summed E-state index contributed by atoms with van der Waals surface area (Å²) >= 11 is 3.88. The Morgan fingerprint density at radius 1 is 1.00 bits per heavy atom. The second kappa shape index (κ2) is 12.9. The molecule has 178 valence electrons. The molecule has 0 saturated carbocycles. The molecular formula is C21H32N4O6S. The Kier molecular flexibility index (Phi) is 11.0. The molecule has 1 aromatic carbocycles. The van der Waals surface area contributed by atoms with Gasteiger partial charge in [0, 0.05) is 5.75 Å². The average Bonchev–Trinajstić information content (AvgIpc) is 2.75.